The van der Waals surface area contributed by atoms with E-state index in [0.717, 1.165) is 13.2 Å². The second-order valence-corrected chi connectivity index (χ2v) is 7.66. The van der Waals surface area contributed by atoms with Gasteiger partial charge in [-0.1, -0.05) is 35.4 Å². The zero-order valence-corrected chi connectivity index (χ0v) is 16.3. The third kappa shape index (κ3) is 3.25. The molecule has 134 valence electrons. The fourth-order valence-corrected chi connectivity index (χ4v) is 4.58. The van der Waals surface area contributed by atoms with Gasteiger partial charge >= 0.3 is 0 Å². The highest BCUT2D eigenvalue weighted by molar-refractivity contribution is 5.67. The van der Waals surface area contributed by atoms with E-state index >= 15 is 0 Å². The number of rotatable bonds is 3. The van der Waals surface area contributed by atoms with E-state index in [2.05, 4.69) is 75.6 Å². The lowest BCUT2D eigenvalue weighted by Crippen LogP contribution is -2.34. The number of aliphatic hydroxyl groups is 1. The maximum atomic E-state index is 10.0. The van der Waals surface area contributed by atoms with Crippen LogP contribution >= 0.6 is 0 Å². The van der Waals surface area contributed by atoms with Crippen molar-refractivity contribution in [1.29, 1.82) is 0 Å². The first-order chi connectivity index (χ1) is 11.8. The van der Waals surface area contributed by atoms with Gasteiger partial charge < -0.3 is 14.9 Å². The molecular weight excluding hydrogens is 308 g/mol. The molecule has 2 aromatic carbocycles. The first kappa shape index (κ1) is 17.8. The second kappa shape index (κ2) is 6.72. The van der Waals surface area contributed by atoms with Gasteiger partial charge in [-0.2, -0.15) is 0 Å². The van der Waals surface area contributed by atoms with Gasteiger partial charge in [0, 0.05) is 17.9 Å². The molecular formula is C22H30N2O. The average Bonchev–Trinajstić information content (AvgIpc) is 2.88. The van der Waals surface area contributed by atoms with E-state index in [0.29, 0.717) is 0 Å². The number of anilines is 2. The van der Waals surface area contributed by atoms with Crippen molar-refractivity contribution in [3.8, 4) is 0 Å². The van der Waals surface area contributed by atoms with Gasteiger partial charge in [-0.25, -0.2) is 0 Å². The van der Waals surface area contributed by atoms with Crippen LogP contribution in [0.4, 0.5) is 11.4 Å². The van der Waals surface area contributed by atoms with Gasteiger partial charge in [0.2, 0.25) is 0 Å². The molecule has 1 atom stereocenters. The summed E-state index contributed by atoms with van der Waals surface area (Å²) in [6.45, 7) is 14.9. The highest BCUT2D eigenvalue weighted by atomic mass is 16.3. The first-order valence-electron chi connectivity index (χ1n) is 9.10. The van der Waals surface area contributed by atoms with Crippen molar-refractivity contribution in [2.24, 2.45) is 0 Å². The van der Waals surface area contributed by atoms with Crippen LogP contribution in [-0.2, 0) is 0 Å². The third-order valence-electron chi connectivity index (χ3n) is 5.28. The molecule has 0 amide bonds. The van der Waals surface area contributed by atoms with Crippen LogP contribution in [0.1, 0.15) is 33.4 Å². The predicted molar refractivity (Wildman–Crippen MR) is 107 cm³/mol. The van der Waals surface area contributed by atoms with E-state index in [4.69, 9.17) is 0 Å². The highest BCUT2D eigenvalue weighted by Gasteiger charge is 2.33. The van der Waals surface area contributed by atoms with Gasteiger partial charge in [-0.3, -0.25) is 0 Å². The normalized spacial score (nSPS) is 17.5. The maximum Gasteiger partial charge on any atom is 0.0908 e. The highest BCUT2D eigenvalue weighted by Crippen LogP contribution is 2.35. The summed E-state index contributed by atoms with van der Waals surface area (Å²) < 4.78 is 0. The van der Waals surface area contributed by atoms with Gasteiger partial charge in [0.05, 0.1) is 19.3 Å². The van der Waals surface area contributed by atoms with Crippen LogP contribution in [0.15, 0.2) is 24.3 Å². The van der Waals surface area contributed by atoms with Gasteiger partial charge in [-0.05, 0) is 63.8 Å². The Kier molecular flexibility index (Phi) is 4.79. The molecule has 0 aromatic heterocycles. The van der Waals surface area contributed by atoms with Crippen LogP contribution in [-0.4, -0.2) is 31.0 Å². The lowest BCUT2D eigenvalue weighted by molar-refractivity contribution is 0.272. The van der Waals surface area contributed by atoms with Crippen molar-refractivity contribution >= 4 is 11.4 Å². The molecule has 1 unspecified atom stereocenters. The standard InChI is InChI=1S/C22H30N2O/c1-14-7-16(3)21(17(4)8-14)23-11-20(12-25)24(13-23)22-18(5)9-15(2)10-19(22)6/h7-10,20,25H,11-13H2,1-6H3. The van der Waals surface area contributed by atoms with E-state index in [-0.39, 0.29) is 12.6 Å². The minimum absolute atomic E-state index is 0.125. The Labute approximate surface area is 151 Å². The summed E-state index contributed by atoms with van der Waals surface area (Å²) in [6.07, 6.45) is 0. The summed E-state index contributed by atoms with van der Waals surface area (Å²) in [5, 5.41) is 10.0. The predicted octanol–water partition coefficient (Wildman–Crippen LogP) is 4.18. The van der Waals surface area contributed by atoms with E-state index in [1.54, 1.807) is 0 Å². The van der Waals surface area contributed by atoms with Crippen molar-refractivity contribution in [3.05, 3.63) is 57.6 Å². The summed E-state index contributed by atoms with van der Waals surface area (Å²) in [5.74, 6) is 0. The van der Waals surface area contributed by atoms with Gasteiger partial charge in [0.25, 0.3) is 0 Å². The van der Waals surface area contributed by atoms with Crippen molar-refractivity contribution in [2.45, 2.75) is 47.6 Å². The summed E-state index contributed by atoms with van der Waals surface area (Å²) in [4.78, 5) is 4.80. The van der Waals surface area contributed by atoms with Crippen LogP contribution in [0.5, 0.6) is 0 Å². The molecule has 3 nitrogen and oxygen atoms in total. The summed E-state index contributed by atoms with van der Waals surface area (Å²) in [7, 11) is 0. The lowest BCUT2D eigenvalue weighted by atomic mass is 10.0. The second-order valence-electron chi connectivity index (χ2n) is 7.66. The summed E-state index contributed by atoms with van der Waals surface area (Å²) >= 11 is 0. The molecule has 0 spiro atoms. The monoisotopic (exact) mass is 338 g/mol. The lowest BCUT2D eigenvalue weighted by Gasteiger charge is -2.28. The fourth-order valence-electron chi connectivity index (χ4n) is 4.58. The molecule has 1 heterocycles. The number of hydrogen-bond acceptors (Lipinski definition) is 3. The quantitative estimate of drug-likeness (QED) is 0.909. The SMILES string of the molecule is Cc1cc(C)c(N2CC(CO)N(c3c(C)cc(C)cc3C)C2)c(C)c1. The Balaban J connectivity index is 2.00. The minimum Gasteiger partial charge on any atom is -0.394 e. The Morgan fingerprint density at radius 3 is 1.68 bits per heavy atom. The average molecular weight is 338 g/mol. The minimum atomic E-state index is 0.125. The third-order valence-corrected chi connectivity index (χ3v) is 5.28. The summed E-state index contributed by atoms with van der Waals surface area (Å²) in [5.41, 5.74) is 10.4. The van der Waals surface area contributed by atoms with Crippen molar-refractivity contribution in [1.82, 2.24) is 0 Å². The van der Waals surface area contributed by atoms with Crippen molar-refractivity contribution in [2.75, 3.05) is 29.6 Å². The molecule has 25 heavy (non-hydrogen) atoms. The Bertz CT molecular complexity index is 751. The molecule has 0 aliphatic carbocycles. The zero-order valence-electron chi connectivity index (χ0n) is 16.3. The molecule has 1 N–H and O–H groups in total. The maximum absolute atomic E-state index is 10.0. The van der Waals surface area contributed by atoms with Crippen LogP contribution in [0, 0.1) is 41.5 Å². The fraction of sp³-hybridized carbons (Fsp3) is 0.455. The van der Waals surface area contributed by atoms with Gasteiger partial charge in [-0.15, -0.1) is 0 Å². The molecule has 1 aliphatic rings. The molecule has 2 aromatic rings. The number of aryl methyl sites for hydroxylation is 6. The van der Waals surface area contributed by atoms with Gasteiger partial charge in [0.15, 0.2) is 0 Å². The molecule has 0 saturated carbocycles. The smallest absolute Gasteiger partial charge is 0.0908 e. The van der Waals surface area contributed by atoms with Crippen LogP contribution in [0.25, 0.3) is 0 Å². The van der Waals surface area contributed by atoms with Crippen molar-refractivity contribution in [3.63, 3.8) is 0 Å². The Morgan fingerprint density at radius 1 is 0.800 bits per heavy atom. The number of hydrogen-bond donors (Lipinski definition) is 1. The number of benzene rings is 2. The van der Waals surface area contributed by atoms with Gasteiger partial charge in [0.1, 0.15) is 0 Å². The van der Waals surface area contributed by atoms with E-state index in [1.165, 1.54) is 44.8 Å². The zero-order chi connectivity index (χ0) is 18.3. The van der Waals surface area contributed by atoms with Crippen LogP contribution < -0.4 is 9.80 Å². The van der Waals surface area contributed by atoms with E-state index in [9.17, 15) is 5.11 Å². The molecule has 1 saturated heterocycles. The van der Waals surface area contributed by atoms with E-state index in [1.807, 2.05) is 0 Å². The molecule has 0 radical (unpaired) electrons. The molecule has 1 fully saturated rings. The van der Waals surface area contributed by atoms with Crippen molar-refractivity contribution < 1.29 is 5.11 Å². The number of aliphatic hydroxyl groups excluding tert-OH is 1. The topological polar surface area (TPSA) is 26.7 Å². The molecule has 1 aliphatic heterocycles. The molecule has 3 heteroatoms. The van der Waals surface area contributed by atoms with Crippen LogP contribution in [0.2, 0.25) is 0 Å². The molecule has 0 bridgehead atoms. The Morgan fingerprint density at radius 2 is 1.24 bits per heavy atom. The Hall–Kier alpha value is -2.00. The largest absolute Gasteiger partial charge is 0.394 e. The first-order valence-corrected chi connectivity index (χ1v) is 9.10. The summed E-state index contributed by atoms with van der Waals surface area (Å²) in [6, 6.07) is 9.10. The van der Waals surface area contributed by atoms with E-state index < -0.39 is 0 Å². The van der Waals surface area contributed by atoms with Crippen LogP contribution in [0.3, 0.4) is 0 Å². The number of nitrogens with zero attached hydrogens (tertiary/aromatic N) is 2. The molecule has 3 rings (SSSR count).